The van der Waals surface area contributed by atoms with Crippen LogP contribution in [0.1, 0.15) is 166 Å². The van der Waals surface area contributed by atoms with Gasteiger partial charge in [-0.25, -0.2) is 0 Å². The van der Waals surface area contributed by atoms with Gasteiger partial charge in [0.1, 0.15) is 0 Å². The summed E-state index contributed by atoms with van der Waals surface area (Å²) in [7, 11) is -6.54. The molecule has 0 aliphatic carbocycles. The summed E-state index contributed by atoms with van der Waals surface area (Å²) in [5, 5.41) is 0. The minimum atomic E-state index is -1.98. The van der Waals surface area contributed by atoms with E-state index in [0.717, 1.165) is 16.6 Å². The lowest BCUT2D eigenvalue weighted by molar-refractivity contribution is 0.426. The first-order chi connectivity index (χ1) is 19.0. The minimum Gasteiger partial charge on any atom is -0.454 e. The molecule has 0 bridgehead atoms. The first-order valence-electron chi connectivity index (χ1n) is 18.5. The molecule has 0 aromatic carbocycles. The Morgan fingerprint density at radius 2 is 0.477 bits per heavy atom. The van der Waals surface area contributed by atoms with Crippen LogP contribution in [-0.4, -0.2) is 43.3 Å². The third-order valence-electron chi connectivity index (χ3n) is 12.3. The Morgan fingerprint density at radius 1 is 0.318 bits per heavy atom. The van der Waals surface area contributed by atoms with Gasteiger partial charge in [-0.3, -0.25) is 0 Å². The maximum atomic E-state index is 10.4. The standard InChI is InChI=1S/C18H42OSi2.C10H24Si.C9H22OSi.H2O/c1-13(2)20(14(3)4,15(5)6)19-21(16(7)8,17(9)10)18(11)12;1-8(2)11(7,9(3)4)10(5)6;1-7(2)11(10,8(3)4)9(5)6;/h13-18H,1-12H3;8-10H,1-7H3;7-10H,1-6H3;1H2. The molecular formula is C37H90O3Si4. The fraction of sp³-hybridized carbons (Fsp3) is 1.00. The van der Waals surface area contributed by atoms with Crippen LogP contribution < -0.4 is 0 Å². The van der Waals surface area contributed by atoms with Gasteiger partial charge in [-0.1, -0.05) is 189 Å². The maximum Gasteiger partial charge on any atom is 0.196 e. The van der Waals surface area contributed by atoms with E-state index >= 15 is 0 Å². The smallest absolute Gasteiger partial charge is 0.196 e. The molecule has 0 rings (SSSR count). The van der Waals surface area contributed by atoms with E-state index in [2.05, 4.69) is 173 Å². The molecule has 0 aliphatic heterocycles. The van der Waals surface area contributed by atoms with Crippen LogP contribution >= 0.6 is 0 Å². The predicted molar refractivity (Wildman–Crippen MR) is 217 cm³/mol. The Labute approximate surface area is 285 Å². The number of hydrogen-bond donors (Lipinski definition) is 1. The Balaban J connectivity index is -0.000000295. The zero-order valence-corrected chi connectivity index (χ0v) is 39.3. The lowest BCUT2D eigenvalue weighted by Crippen LogP contribution is -2.60. The first-order valence-corrected chi connectivity index (χ1v) is 27.6. The summed E-state index contributed by atoms with van der Waals surface area (Å²) in [6.07, 6.45) is 0. The molecular weight excluding hydrogens is 605 g/mol. The molecule has 0 atom stereocenters. The molecule has 0 radical (unpaired) electrons. The fourth-order valence-electron chi connectivity index (χ4n) is 9.01. The summed E-state index contributed by atoms with van der Waals surface area (Å²) in [6.45, 7) is 58.7. The average molecular weight is 695 g/mol. The molecule has 0 spiro atoms. The summed E-state index contributed by atoms with van der Waals surface area (Å²) in [6, 6.07) is 0. The highest BCUT2D eigenvalue weighted by atomic mass is 28.4. The van der Waals surface area contributed by atoms with Crippen LogP contribution in [0.25, 0.3) is 0 Å². The topological polar surface area (TPSA) is 61.0 Å². The second kappa shape index (κ2) is 21.0. The molecule has 0 aromatic rings. The van der Waals surface area contributed by atoms with Crippen molar-refractivity contribution in [2.75, 3.05) is 0 Å². The molecule has 44 heavy (non-hydrogen) atoms. The molecule has 7 heteroatoms. The maximum absolute atomic E-state index is 10.4. The van der Waals surface area contributed by atoms with Crippen molar-refractivity contribution in [3.8, 4) is 0 Å². The third kappa shape index (κ3) is 12.0. The summed E-state index contributed by atoms with van der Waals surface area (Å²) >= 11 is 0. The van der Waals surface area contributed by atoms with Crippen LogP contribution in [0.3, 0.4) is 0 Å². The Hall–Kier alpha value is 0.748. The number of rotatable bonds is 14. The highest BCUT2D eigenvalue weighted by Crippen LogP contribution is 2.51. The van der Waals surface area contributed by atoms with E-state index in [9.17, 15) is 4.80 Å². The van der Waals surface area contributed by atoms with Crippen molar-refractivity contribution in [3.63, 3.8) is 0 Å². The van der Waals surface area contributed by atoms with Crippen LogP contribution in [-0.2, 0) is 4.12 Å². The van der Waals surface area contributed by atoms with Gasteiger partial charge in [0.2, 0.25) is 0 Å². The van der Waals surface area contributed by atoms with E-state index in [1.807, 2.05) is 0 Å². The predicted octanol–water partition coefficient (Wildman–Crippen LogP) is 14.0. The van der Waals surface area contributed by atoms with Gasteiger partial charge in [-0.05, 0) is 49.9 Å². The Kier molecular flexibility index (Phi) is 24.6. The molecule has 0 amide bonds. The average Bonchev–Trinajstić information content (AvgIpc) is 2.82. The van der Waals surface area contributed by atoms with Crippen LogP contribution in [0.5, 0.6) is 0 Å². The van der Waals surface area contributed by atoms with Crippen molar-refractivity contribution in [3.05, 3.63) is 0 Å². The largest absolute Gasteiger partial charge is 0.454 e. The molecule has 0 aromatic heterocycles. The first kappa shape index (κ1) is 51.6. The van der Waals surface area contributed by atoms with E-state index in [4.69, 9.17) is 4.12 Å². The van der Waals surface area contributed by atoms with Crippen LogP contribution in [0.15, 0.2) is 0 Å². The van der Waals surface area contributed by atoms with E-state index in [0.29, 0.717) is 49.9 Å². The summed E-state index contributed by atoms with van der Waals surface area (Å²) in [5.41, 5.74) is 8.27. The van der Waals surface area contributed by atoms with Crippen molar-refractivity contribution in [2.45, 2.75) is 239 Å². The monoisotopic (exact) mass is 695 g/mol. The third-order valence-corrected chi connectivity index (χ3v) is 38.9. The van der Waals surface area contributed by atoms with Crippen molar-refractivity contribution in [1.82, 2.24) is 0 Å². The molecule has 0 aliphatic rings. The highest BCUT2D eigenvalue weighted by Gasteiger charge is 2.55. The summed E-state index contributed by atoms with van der Waals surface area (Å²) in [4.78, 5) is 10.4. The van der Waals surface area contributed by atoms with Gasteiger partial charge in [0.05, 0.1) is 8.07 Å². The fourth-order valence-corrected chi connectivity index (χ4v) is 33.1. The molecule has 3 N–H and O–H groups in total. The normalized spacial score (nSPS) is 13.8. The van der Waals surface area contributed by atoms with Crippen molar-refractivity contribution < 1.29 is 14.4 Å². The Morgan fingerprint density at radius 3 is 0.523 bits per heavy atom. The molecule has 3 nitrogen and oxygen atoms in total. The minimum absolute atomic E-state index is 0. The van der Waals surface area contributed by atoms with Gasteiger partial charge in [0.25, 0.3) is 0 Å². The second-order valence-electron chi connectivity index (χ2n) is 17.9. The SMILES string of the molecule is CC(C)[Si](C)(C(C)C)C(C)C.CC(C)[Si](O)(C(C)C)C(C)C.CC(C)[Si](O[Si](C(C)C)(C(C)C)C(C)C)(C(C)C)C(C)C.O. The number of hydrogen-bond acceptors (Lipinski definition) is 2. The van der Waals surface area contributed by atoms with Crippen molar-refractivity contribution >= 4 is 33.0 Å². The van der Waals surface area contributed by atoms with Gasteiger partial charge in [-0.15, -0.1) is 0 Å². The Bertz CT molecular complexity index is 579. The summed E-state index contributed by atoms with van der Waals surface area (Å²) < 4.78 is 7.47. The zero-order chi connectivity index (χ0) is 35.6. The van der Waals surface area contributed by atoms with Crippen LogP contribution in [0, 0.1) is 0 Å². The molecule has 272 valence electrons. The van der Waals surface area contributed by atoms with E-state index in [1.54, 1.807) is 0 Å². The van der Waals surface area contributed by atoms with Crippen molar-refractivity contribution in [1.29, 1.82) is 0 Å². The zero-order valence-electron chi connectivity index (χ0n) is 35.3. The molecule has 0 saturated carbocycles. The molecule has 0 unspecified atom stereocenters. The van der Waals surface area contributed by atoms with Gasteiger partial charge in [0.15, 0.2) is 25.0 Å². The van der Waals surface area contributed by atoms with Crippen LogP contribution in [0.4, 0.5) is 0 Å². The lowest BCUT2D eigenvalue weighted by atomic mass is 10.5. The van der Waals surface area contributed by atoms with E-state index < -0.39 is 33.0 Å². The quantitative estimate of drug-likeness (QED) is 0.184. The van der Waals surface area contributed by atoms with Gasteiger partial charge < -0.3 is 14.4 Å². The summed E-state index contributed by atoms with van der Waals surface area (Å²) in [5.74, 6) is 0. The van der Waals surface area contributed by atoms with Crippen LogP contribution in [0.2, 0.25) is 73.0 Å². The molecule has 0 heterocycles. The van der Waals surface area contributed by atoms with Gasteiger partial charge in [-0.2, -0.15) is 0 Å². The second-order valence-corrected chi connectivity index (χ2v) is 40.5. The van der Waals surface area contributed by atoms with E-state index in [-0.39, 0.29) is 5.48 Å². The van der Waals surface area contributed by atoms with Crippen molar-refractivity contribution in [2.24, 2.45) is 0 Å². The highest BCUT2D eigenvalue weighted by molar-refractivity contribution is 6.90. The molecule has 0 saturated heterocycles. The van der Waals surface area contributed by atoms with Gasteiger partial charge in [0, 0.05) is 0 Å². The lowest BCUT2D eigenvalue weighted by Gasteiger charge is -2.54. The van der Waals surface area contributed by atoms with E-state index in [1.165, 1.54) is 0 Å². The van der Waals surface area contributed by atoms with Gasteiger partial charge >= 0.3 is 0 Å². The molecule has 0 fully saturated rings.